The molecule has 0 spiro atoms. The number of hydrogen-bond donors (Lipinski definition) is 0. The lowest BCUT2D eigenvalue weighted by Gasteiger charge is -2.28. The number of nitrogens with zero attached hydrogens (tertiary/aromatic N) is 2. The van der Waals surface area contributed by atoms with Crippen LogP contribution >= 0.6 is 11.8 Å². The maximum Gasteiger partial charge on any atom is 0.164 e. The van der Waals surface area contributed by atoms with Gasteiger partial charge in [-0.1, -0.05) is 42.1 Å². The first-order valence-corrected chi connectivity index (χ1v) is 9.98. The predicted molar refractivity (Wildman–Crippen MR) is 111 cm³/mol. The van der Waals surface area contributed by atoms with Gasteiger partial charge in [-0.25, -0.2) is 0 Å². The summed E-state index contributed by atoms with van der Waals surface area (Å²) < 4.78 is 16.5. The van der Waals surface area contributed by atoms with Gasteiger partial charge in [0.2, 0.25) is 0 Å². The van der Waals surface area contributed by atoms with Gasteiger partial charge < -0.3 is 19.1 Å². The number of rotatable bonds is 7. The Kier molecular flexibility index (Phi) is 6.87. The lowest BCUT2D eigenvalue weighted by atomic mass is 10.1. The Morgan fingerprint density at radius 1 is 0.926 bits per heavy atom. The molecule has 0 unspecified atom stereocenters. The van der Waals surface area contributed by atoms with Crippen LogP contribution in [0.4, 0.5) is 0 Å². The molecule has 0 saturated heterocycles. The van der Waals surface area contributed by atoms with Crippen LogP contribution in [-0.2, 0) is 13.1 Å². The Balaban J connectivity index is 1.92. The third-order valence-corrected chi connectivity index (χ3v) is 5.55. The highest BCUT2D eigenvalue weighted by molar-refractivity contribution is 8.13. The molecule has 0 radical (unpaired) electrons. The summed E-state index contributed by atoms with van der Waals surface area (Å²) >= 11 is 1.82. The molecule has 0 fully saturated rings. The van der Waals surface area contributed by atoms with Gasteiger partial charge in [-0.2, -0.15) is 0 Å². The summed E-state index contributed by atoms with van der Waals surface area (Å²) in [6.45, 7) is 2.37. The first-order valence-electron chi connectivity index (χ1n) is 9.00. The number of ether oxygens (including phenoxy) is 3. The maximum atomic E-state index is 5.62. The zero-order chi connectivity index (χ0) is 19.1. The predicted octanol–water partition coefficient (Wildman–Crippen LogP) is 4.21. The molecule has 3 rings (SSSR count). The van der Waals surface area contributed by atoms with Crippen LogP contribution in [0, 0.1) is 0 Å². The van der Waals surface area contributed by atoms with E-state index in [0.29, 0.717) is 18.0 Å². The molecule has 0 saturated carbocycles. The molecule has 5 nitrogen and oxygen atoms in total. The molecular formula is C21H26N2O3S. The lowest BCUT2D eigenvalue weighted by Crippen LogP contribution is -2.30. The van der Waals surface area contributed by atoms with E-state index in [4.69, 9.17) is 19.2 Å². The van der Waals surface area contributed by atoms with E-state index < -0.39 is 0 Å². The topological polar surface area (TPSA) is 43.3 Å². The molecule has 0 N–H and O–H groups in total. The number of hydrogen-bond acceptors (Lipinski definition) is 6. The summed E-state index contributed by atoms with van der Waals surface area (Å²) in [5.41, 5.74) is 2.30. The Labute approximate surface area is 165 Å². The van der Waals surface area contributed by atoms with Crippen molar-refractivity contribution in [1.29, 1.82) is 0 Å². The van der Waals surface area contributed by atoms with Gasteiger partial charge in [-0.05, 0) is 18.1 Å². The van der Waals surface area contributed by atoms with Crippen LogP contribution in [0.5, 0.6) is 17.2 Å². The average molecular weight is 387 g/mol. The summed E-state index contributed by atoms with van der Waals surface area (Å²) in [5.74, 6) is 3.25. The van der Waals surface area contributed by atoms with E-state index >= 15 is 0 Å². The van der Waals surface area contributed by atoms with E-state index in [1.165, 1.54) is 5.56 Å². The highest BCUT2D eigenvalue weighted by Crippen LogP contribution is 2.36. The molecule has 1 aliphatic rings. The van der Waals surface area contributed by atoms with Crippen molar-refractivity contribution in [3.05, 3.63) is 53.6 Å². The molecule has 27 heavy (non-hydrogen) atoms. The van der Waals surface area contributed by atoms with Crippen molar-refractivity contribution in [2.75, 3.05) is 33.6 Å². The number of thioether (sulfide) groups is 1. The molecule has 1 heterocycles. The van der Waals surface area contributed by atoms with Crippen LogP contribution in [0.25, 0.3) is 0 Å². The SMILES string of the molecule is COc1cc(OC)c(OC)cc1CN(Cc1ccccc1)C1=NCCCS1. The van der Waals surface area contributed by atoms with Crippen molar-refractivity contribution < 1.29 is 14.2 Å². The number of amidine groups is 1. The molecule has 0 atom stereocenters. The first kappa shape index (κ1) is 19.4. The second-order valence-corrected chi connectivity index (χ2v) is 7.29. The molecule has 0 bridgehead atoms. The summed E-state index contributed by atoms with van der Waals surface area (Å²) in [6, 6.07) is 14.3. The molecule has 144 valence electrons. The van der Waals surface area contributed by atoms with Crippen LogP contribution < -0.4 is 14.2 Å². The van der Waals surface area contributed by atoms with Crippen LogP contribution in [0.3, 0.4) is 0 Å². The number of benzene rings is 2. The highest BCUT2D eigenvalue weighted by Gasteiger charge is 2.19. The van der Waals surface area contributed by atoms with Gasteiger partial charge in [-0.15, -0.1) is 0 Å². The minimum Gasteiger partial charge on any atom is -0.496 e. The van der Waals surface area contributed by atoms with Gasteiger partial charge in [0.15, 0.2) is 16.7 Å². The van der Waals surface area contributed by atoms with E-state index in [9.17, 15) is 0 Å². The van der Waals surface area contributed by atoms with Gasteiger partial charge in [0.05, 0.1) is 21.3 Å². The average Bonchev–Trinajstić information content (AvgIpc) is 2.74. The van der Waals surface area contributed by atoms with Crippen LogP contribution in [0.1, 0.15) is 17.5 Å². The van der Waals surface area contributed by atoms with E-state index in [1.54, 1.807) is 21.3 Å². The molecule has 2 aromatic carbocycles. The third kappa shape index (κ3) is 4.89. The lowest BCUT2D eigenvalue weighted by molar-refractivity contribution is 0.342. The van der Waals surface area contributed by atoms with Crippen LogP contribution in [-0.4, -0.2) is 43.7 Å². The van der Waals surface area contributed by atoms with E-state index in [0.717, 1.165) is 41.7 Å². The first-order chi connectivity index (χ1) is 13.2. The largest absolute Gasteiger partial charge is 0.496 e. The molecule has 6 heteroatoms. The summed E-state index contributed by atoms with van der Waals surface area (Å²) in [5, 5.41) is 1.09. The highest BCUT2D eigenvalue weighted by atomic mass is 32.2. The summed E-state index contributed by atoms with van der Waals surface area (Å²) in [7, 11) is 4.96. The monoisotopic (exact) mass is 386 g/mol. The van der Waals surface area contributed by atoms with E-state index in [1.807, 2.05) is 30.0 Å². The Bertz CT molecular complexity index is 780. The minimum absolute atomic E-state index is 0.664. The second-order valence-electron chi connectivity index (χ2n) is 6.23. The second kappa shape index (κ2) is 9.55. The van der Waals surface area contributed by atoms with Crippen LogP contribution in [0.2, 0.25) is 0 Å². The smallest absolute Gasteiger partial charge is 0.164 e. The Morgan fingerprint density at radius 2 is 1.63 bits per heavy atom. The van der Waals surface area contributed by atoms with Gasteiger partial charge in [0.25, 0.3) is 0 Å². The van der Waals surface area contributed by atoms with Gasteiger partial charge in [-0.3, -0.25) is 4.99 Å². The van der Waals surface area contributed by atoms with Crippen molar-refractivity contribution >= 4 is 16.9 Å². The standard InChI is InChI=1S/C21H26N2O3S/c1-24-18-13-20(26-3)19(25-2)12-17(18)15-23(21-22-10-7-11-27-21)14-16-8-5-4-6-9-16/h4-6,8-9,12-13H,7,10-11,14-15H2,1-3H3. The number of aliphatic imine (C=N–C) groups is 1. The molecule has 0 aromatic heterocycles. The molecule has 2 aromatic rings. The molecule has 0 amide bonds. The summed E-state index contributed by atoms with van der Waals surface area (Å²) in [4.78, 5) is 7.07. The fourth-order valence-electron chi connectivity index (χ4n) is 3.06. The molecular weight excluding hydrogens is 360 g/mol. The molecule has 0 aliphatic carbocycles. The van der Waals surface area contributed by atoms with Crippen LogP contribution in [0.15, 0.2) is 47.5 Å². The third-order valence-electron chi connectivity index (χ3n) is 4.42. The fourth-order valence-corrected chi connectivity index (χ4v) is 4.01. The normalized spacial score (nSPS) is 13.7. The van der Waals surface area contributed by atoms with Crippen molar-refractivity contribution in [1.82, 2.24) is 4.90 Å². The van der Waals surface area contributed by atoms with Gasteiger partial charge in [0, 0.05) is 37.0 Å². The summed E-state index contributed by atoms with van der Waals surface area (Å²) in [6.07, 6.45) is 1.13. The van der Waals surface area contributed by atoms with E-state index in [2.05, 4.69) is 29.2 Å². The van der Waals surface area contributed by atoms with Gasteiger partial charge >= 0.3 is 0 Å². The zero-order valence-corrected chi connectivity index (χ0v) is 16.9. The van der Waals surface area contributed by atoms with Crippen molar-refractivity contribution in [2.45, 2.75) is 19.5 Å². The molecule has 1 aliphatic heterocycles. The number of methoxy groups -OCH3 is 3. The van der Waals surface area contributed by atoms with E-state index in [-0.39, 0.29) is 0 Å². The zero-order valence-electron chi connectivity index (χ0n) is 16.1. The van der Waals surface area contributed by atoms with Crippen molar-refractivity contribution in [3.63, 3.8) is 0 Å². The van der Waals surface area contributed by atoms with Crippen molar-refractivity contribution in [2.24, 2.45) is 4.99 Å². The van der Waals surface area contributed by atoms with Gasteiger partial charge in [0.1, 0.15) is 5.75 Å². The maximum absolute atomic E-state index is 5.62. The minimum atomic E-state index is 0.664. The fraction of sp³-hybridized carbons (Fsp3) is 0.381. The quantitative estimate of drug-likeness (QED) is 0.713. The Morgan fingerprint density at radius 3 is 2.26 bits per heavy atom. The Hall–Kier alpha value is -2.34. The van der Waals surface area contributed by atoms with Crippen molar-refractivity contribution in [3.8, 4) is 17.2 Å².